The zero-order chi connectivity index (χ0) is 24.0. The van der Waals surface area contributed by atoms with Crippen LogP contribution < -0.4 is 9.47 Å². The lowest BCUT2D eigenvalue weighted by Gasteiger charge is -2.38. The fourth-order valence-corrected chi connectivity index (χ4v) is 4.82. The first-order valence-corrected chi connectivity index (χ1v) is 11.4. The van der Waals surface area contributed by atoms with E-state index in [4.69, 9.17) is 14.2 Å². The molecule has 35 heavy (non-hydrogen) atoms. The molecule has 8 heteroatoms. The van der Waals surface area contributed by atoms with Gasteiger partial charge in [-0.1, -0.05) is 6.07 Å². The van der Waals surface area contributed by atoms with Crippen LogP contribution in [-0.4, -0.2) is 52.2 Å². The maximum Gasteiger partial charge on any atom is 0.253 e. The van der Waals surface area contributed by atoms with Crippen molar-refractivity contribution in [3.63, 3.8) is 0 Å². The van der Waals surface area contributed by atoms with Crippen molar-refractivity contribution in [2.24, 2.45) is 0 Å². The van der Waals surface area contributed by atoms with Gasteiger partial charge < -0.3 is 24.2 Å². The number of benzene rings is 2. The highest BCUT2D eigenvalue weighted by Gasteiger charge is 2.52. The highest BCUT2D eigenvalue weighted by molar-refractivity contribution is 6.33. The molecule has 1 saturated heterocycles. The number of hydrogen-bond donors (Lipinski definition) is 1. The van der Waals surface area contributed by atoms with Crippen LogP contribution in [0.25, 0.3) is 11.3 Å². The van der Waals surface area contributed by atoms with Gasteiger partial charge in [-0.2, -0.15) is 0 Å². The van der Waals surface area contributed by atoms with Crippen LogP contribution in [0.2, 0.25) is 0 Å². The van der Waals surface area contributed by atoms with Crippen LogP contribution in [0.4, 0.5) is 0 Å². The van der Waals surface area contributed by atoms with Gasteiger partial charge in [0.05, 0.1) is 5.57 Å². The molecule has 0 radical (unpaired) electrons. The number of piperidine rings is 1. The van der Waals surface area contributed by atoms with Gasteiger partial charge in [0, 0.05) is 55.0 Å². The number of ketones is 1. The van der Waals surface area contributed by atoms with E-state index in [1.807, 2.05) is 24.3 Å². The van der Waals surface area contributed by atoms with Gasteiger partial charge in [-0.05, 0) is 48.5 Å². The van der Waals surface area contributed by atoms with Crippen molar-refractivity contribution in [3.05, 3.63) is 83.7 Å². The Morgan fingerprint density at radius 3 is 2.49 bits per heavy atom. The second-order valence-electron chi connectivity index (χ2n) is 8.78. The van der Waals surface area contributed by atoms with Crippen LogP contribution >= 0.6 is 0 Å². The molecular formula is C27H22N2O6. The summed E-state index contributed by atoms with van der Waals surface area (Å²) in [6.45, 7) is 0.905. The number of rotatable bonds is 3. The van der Waals surface area contributed by atoms with Crippen molar-refractivity contribution in [1.29, 1.82) is 0 Å². The number of carbonyl (C=O) groups excluding carboxylic acids is 2. The normalized spacial score (nSPS) is 18.2. The minimum atomic E-state index is -1.05. The van der Waals surface area contributed by atoms with Gasteiger partial charge in [-0.25, -0.2) is 0 Å². The summed E-state index contributed by atoms with van der Waals surface area (Å²) in [6, 6.07) is 15.3. The molecule has 1 N–H and O–H groups in total. The number of amides is 1. The monoisotopic (exact) mass is 470 g/mol. The largest absolute Gasteiger partial charge is 0.508 e. The number of likely N-dealkylation sites (tertiary alicyclic amines) is 1. The number of nitrogens with zero attached hydrogens (tertiary/aromatic N) is 2. The van der Waals surface area contributed by atoms with Gasteiger partial charge in [0.1, 0.15) is 11.5 Å². The standard InChI is InChI=1S/C27H22N2O6/c30-20-6-3-17(4-7-20)26(32)29-12-9-27(10-13-29)25(31)23(19-2-1-11-28-15-19)24(35-27)18-5-8-21-22(14-18)34-16-33-21/h1-8,11,14-15,30H,9-10,12-13,16H2. The van der Waals surface area contributed by atoms with Crippen molar-refractivity contribution in [3.8, 4) is 17.2 Å². The number of pyridine rings is 1. The zero-order valence-electron chi connectivity index (χ0n) is 18.8. The fourth-order valence-electron chi connectivity index (χ4n) is 4.82. The van der Waals surface area contributed by atoms with E-state index in [1.54, 1.807) is 35.5 Å². The van der Waals surface area contributed by atoms with Crippen LogP contribution in [0.5, 0.6) is 17.2 Å². The first-order chi connectivity index (χ1) is 17.0. The highest BCUT2D eigenvalue weighted by Crippen LogP contribution is 2.47. The number of ether oxygens (including phenoxy) is 3. The fraction of sp³-hybridized carbons (Fsp3) is 0.222. The molecule has 3 aliphatic heterocycles. The first-order valence-electron chi connectivity index (χ1n) is 11.4. The maximum absolute atomic E-state index is 13.9. The van der Waals surface area contributed by atoms with Crippen LogP contribution in [0.1, 0.15) is 34.3 Å². The quantitative estimate of drug-likeness (QED) is 0.624. The van der Waals surface area contributed by atoms with Gasteiger partial charge in [0.15, 0.2) is 17.1 Å². The molecule has 1 aromatic heterocycles. The SMILES string of the molecule is O=C(c1ccc(O)cc1)N1CCC2(CC1)OC(c1ccc3c(c1)OCO3)=C(c1cccnc1)C2=O. The van der Waals surface area contributed by atoms with Gasteiger partial charge in [0.25, 0.3) is 5.91 Å². The third-order valence-corrected chi connectivity index (χ3v) is 6.72. The number of aromatic nitrogens is 1. The molecule has 1 amide bonds. The summed E-state index contributed by atoms with van der Waals surface area (Å²) < 4.78 is 17.5. The minimum absolute atomic E-state index is 0.102. The van der Waals surface area contributed by atoms with Crippen molar-refractivity contribution in [2.45, 2.75) is 18.4 Å². The number of hydrogen-bond acceptors (Lipinski definition) is 7. The number of carbonyl (C=O) groups is 2. The van der Waals surface area contributed by atoms with Crippen molar-refractivity contribution in [1.82, 2.24) is 9.88 Å². The molecule has 0 saturated carbocycles. The van der Waals surface area contributed by atoms with Gasteiger partial charge in [0.2, 0.25) is 12.6 Å². The molecule has 1 fully saturated rings. The molecule has 176 valence electrons. The lowest BCUT2D eigenvalue weighted by Crippen LogP contribution is -2.50. The molecule has 3 aliphatic rings. The third kappa shape index (κ3) is 3.58. The highest BCUT2D eigenvalue weighted by atomic mass is 16.7. The van der Waals surface area contributed by atoms with E-state index in [0.29, 0.717) is 59.9 Å². The molecule has 3 aromatic rings. The van der Waals surface area contributed by atoms with Crippen LogP contribution in [0, 0.1) is 0 Å². The smallest absolute Gasteiger partial charge is 0.253 e. The van der Waals surface area contributed by atoms with Crippen LogP contribution in [-0.2, 0) is 9.53 Å². The average Bonchev–Trinajstić information content (AvgIpc) is 3.47. The second kappa shape index (κ2) is 8.16. The maximum atomic E-state index is 13.9. The number of phenols is 1. The number of aromatic hydroxyl groups is 1. The number of Topliss-reactive ketones (excluding diaryl/α,β-unsaturated/α-hetero) is 1. The second-order valence-corrected chi connectivity index (χ2v) is 8.78. The predicted molar refractivity (Wildman–Crippen MR) is 126 cm³/mol. The summed E-state index contributed by atoms with van der Waals surface area (Å²) in [5, 5.41) is 9.50. The topological polar surface area (TPSA) is 98.2 Å². The Labute approximate surface area is 201 Å². The van der Waals surface area contributed by atoms with Crippen molar-refractivity contribution in [2.75, 3.05) is 19.9 Å². The minimum Gasteiger partial charge on any atom is -0.508 e. The van der Waals surface area contributed by atoms with Crippen LogP contribution in [0.15, 0.2) is 67.0 Å². The Balaban J connectivity index is 1.30. The Kier molecular flexibility index (Phi) is 4.95. The molecule has 1 spiro atoms. The average molecular weight is 470 g/mol. The van der Waals surface area contributed by atoms with E-state index in [-0.39, 0.29) is 24.2 Å². The lowest BCUT2D eigenvalue weighted by atomic mass is 9.83. The summed E-state index contributed by atoms with van der Waals surface area (Å²) in [5.74, 6) is 1.61. The van der Waals surface area contributed by atoms with E-state index in [0.717, 1.165) is 5.56 Å². The summed E-state index contributed by atoms with van der Waals surface area (Å²) in [7, 11) is 0. The molecule has 2 aromatic carbocycles. The third-order valence-electron chi connectivity index (χ3n) is 6.72. The number of fused-ring (bicyclic) bond motifs is 1. The first kappa shape index (κ1) is 21.2. The van der Waals surface area contributed by atoms with Gasteiger partial charge in [-0.3, -0.25) is 14.6 Å². The van der Waals surface area contributed by atoms with Crippen LogP contribution in [0.3, 0.4) is 0 Å². The Hall–Kier alpha value is -4.33. The van der Waals surface area contributed by atoms with E-state index >= 15 is 0 Å². The summed E-state index contributed by atoms with van der Waals surface area (Å²) >= 11 is 0. The molecule has 6 rings (SSSR count). The van der Waals surface area contributed by atoms with Gasteiger partial charge >= 0.3 is 0 Å². The molecule has 0 atom stereocenters. The summed E-state index contributed by atoms with van der Waals surface area (Å²) in [6.07, 6.45) is 4.06. The molecule has 4 heterocycles. The predicted octanol–water partition coefficient (Wildman–Crippen LogP) is 3.66. The Morgan fingerprint density at radius 1 is 0.971 bits per heavy atom. The van der Waals surface area contributed by atoms with Crippen molar-refractivity contribution >= 4 is 23.0 Å². The molecule has 8 nitrogen and oxygen atoms in total. The van der Waals surface area contributed by atoms with Gasteiger partial charge in [-0.15, -0.1) is 0 Å². The van der Waals surface area contributed by atoms with E-state index < -0.39 is 5.60 Å². The number of phenolic OH excluding ortho intramolecular Hbond substituents is 1. The molecule has 0 unspecified atom stereocenters. The molecular weight excluding hydrogens is 448 g/mol. The zero-order valence-corrected chi connectivity index (χ0v) is 18.8. The molecule has 0 bridgehead atoms. The van der Waals surface area contributed by atoms with E-state index in [9.17, 15) is 14.7 Å². The summed E-state index contributed by atoms with van der Waals surface area (Å²) in [5.41, 5.74) is 1.33. The van der Waals surface area contributed by atoms with E-state index in [1.165, 1.54) is 12.1 Å². The summed E-state index contributed by atoms with van der Waals surface area (Å²) in [4.78, 5) is 32.8. The van der Waals surface area contributed by atoms with Crippen molar-refractivity contribution < 1.29 is 28.9 Å². The molecule has 0 aliphatic carbocycles. The Morgan fingerprint density at radius 2 is 1.74 bits per heavy atom. The Bertz CT molecular complexity index is 1340. The van der Waals surface area contributed by atoms with E-state index in [2.05, 4.69) is 4.98 Å². The lowest BCUT2D eigenvalue weighted by molar-refractivity contribution is -0.131.